The summed E-state index contributed by atoms with van der Waals surface area (Å²) in [5.74, 6) is 1.81. The van der Waals surface area contributed by atoms with E-state index >= 15 is 0 Å². The van der Waals surface area contributed by atoms with Gasteiger partial charge in [-0.05, 0) is 78.7 Å². The van der Waals surface area contributed by atoms with E-state index in [1.165, 1.54) is 66.8 Å². The molecule has 0 aliphatic heterocycles. The molecule has 0 atom stereocenters. The quantitative estimate of drug-likeness (QED) is 0.184. The first-order valence-electron chi connectivity index (χ1n) is 13.3. The van der Waals surface area contributed by atoms with Crippen molar-refractivity contribution >= 4 is 15.9 Å². The summed E-state index contributed by atoms with van der Waals surface area (Å²) < 4.78 is 0. The molecule has 0 saturated carbocycles. The van der Waals surface area contributed by atoms with Crippen LogP contribution in [-0.4, -0.2) is 5.83 Å². The van der Waals surface area contributed by atoms with Crippen LogP contribution in [0.1, 0.15) is 22.3 Å². The van der Waals surface area contributed by atoms with Gasteiger partial charge in [-0.15, -0.1) is 0 Å². The highest BCUT2D eigenvalue weighted by molar-refractivity contribution is 9.08. The average molecular weight is 564 g/mol. The van der Waals surface area contributed by atoms with Crippen molar-refractivity contribution in [1.29, 1.82) is 0 Å². The van der Waals surface area contributed by atoms with Crippen molar-refractivity contribution in [1.82, 2.24) is 0 Å². The van der Waals surface area contributed by atoms with Crippen LogP contribution in [0.4, 0.5) is 0 Å². The Hall–Kier alpha value is -4.20. The Morgan fingerprint density at radius 3 is 1.26 bits per heavy atom. The summed E-state index contributed by atoms with van der Waals surface area (Å²) in [4.78, 5) is 0. The molecule has 0 aromatic heterocycles. The maximum absolute atomic E-state index is 2.94. The summed E-state index contributed by atoms with van der Waals surface area (Å²) in [6.07, 6.45) is 0. The molecule has 1 heteroatoms. The number of fused-ring (bicyclic) bond motifs is 10. The minimum Gasteiger partial charge on any atom is -0.0966 e. The van der Waals surface area contributed by atoms with E-state index in [0.717, 1.165) is 0 Å². The molecule has 8 rings (SSSR count). The highest BCUT2D eigenvalue weighted by atomic mass is 79.9. The molecule has 2 aliphatic rings. The number of benzene rings is 6. The van der Waals surface area contributed by atoms with Gasteiger partial charge < -0.3 is 0 Å². The number of alkyl halides is 1. The van der Waals surface area contributed by atoms with E-state index in [2.05, 4.69) is 162 Å². The zero-order chi connectivity index (χ0) is 26.4. The van der Waals surface area contributed by atoms with Crippen molar-refractivity contribution in [2.45, 2.75) is 5.41 Å². The third-order valence-corrected chi connectivity index (χ3v) is 8.32. The third kappa shape index (κ3) is 3.36. The van der Waals surface area contributed by atoms with Gasteiger partial charge in [0.05, 0.1) is 5.41 Å². The van der Waals surface area contributed by atoms with Crippen molar-refractivity contribution in [2.75, 3.05) is 5.83 Å². The second-order valence-corrected chi connectivity index (χ2v) is 10.1. The molecule has 0 nitrogen and oxygen atoms in total. The summed E-state index contributed by atoms with van der Waals surface area (Å²) in [6, 6.07) is 53.6. The zero-order valence-corrected chi connectivity index (χ0v) is 23.3. The molecule has 6 aromatic rings. The molecular formula is C38H27Br. The molecule has 0 fully saturated rings. The van der Waals surface area contributed by atoms with E-state index in [9.17, 15) is 0 Å². The molecule has 39 heavy (non-hydrogen) atoms. The van der Waals surface area contributed by atoms with Crippen LogP contribution in [-0.2, 0) is 5.41 Å². The molecule has 2 aliphatic carbocycles. The van der Waals surface area contributed by atoms with Crippen molar-refractivity contribution in [2.24, 2.45) is 0 Å². The van der Waals surface area contributed by atoms with Crippen molar-refractivity contribution < 1.29 is 0 Å². The third-order valence-electron chi connectivity index (χ3n) is 8.32. The molecule has 0 amide bonds. The molecule has 186 valence electrons. The number of hydrogen-bond donors (Lipinski definition) is 0. The SMILES string of the molecule is CBr.c1ccc(-c2ccccc2-c2ccc3c(c2)-c2ccccc2C32c3ccccc3-c3ccccc32)cc1. The van der Waals surface area contributed by atoms with E-state index in [1.807, 2.05) is 5.83 Å². The van der Waals surface area contributed by atoms with Gasteiger partial charge in [0.1, 0.15) is 0 Å². The Morgan fingerprint density at radius 2 is 0.718 bits per heavy atom. The second-order valence-electron chi connectivity index (χ2n) is 10.1. The highest BCUT2D eigenvalue weighted by Gasteiger charge is 2.51. The van der Waals surface area contributed by atoms with E-state index in [4.69, 9.17) is 0 Å². The van der Waals surface area contributed by atoms with Gasteiger partial charge in [-0.1, -0.05) is 155 Å². The minimum atomic E-state index is -0.281. The lowest BCUT2D eigenvalue weighted by molar-refractivity contribution is 0.794. The molecule has 0 radical (unpaired) electrons. The second kappa shape index (κ2) is 9.52. The molecule has 1 spiro atoms. The highest BCUT2D eigenvalue weighted by Crippen LogP contribution is 2.62. The molecule has 6 aromatic carbocycles. The van der Waals surface area contributed by atoms with Crippen LogP contribution in [0, 0.1) is 0 Å². The summed E-state index contributed by atoms with van der Waals surface area (Å²) in [7, 11) is 0. The summed E-state index contributed by atoms with van der Waals surface area (Å²) in [5.41, 5.74) is 15.7. The van der Waals surface area contributed by atoms with Gasteiger partial charge in [0.2, 0.25) is 0 Å². The number of rotatable bonds is 2. The first-order valence-corrected chi connectivity index (χ1v) is 14.9. The average Bonchev–Trinajstić information content (AvgIpc) is 3.50. The predicted octanol–water partition coefficient (Wildman–Crippen LogP) is 10.4. The van der Waals surface area contributed by atoms with Crippen LogP contribution in [0.15, 0.2) is 146 Å². The topological polar surface area (TPSA) is 0 Å². The fraction of sp³-hybridized carbons (Fsp3) is 0.0526. The standard InChI is InChI=1S/C37H24.CH3Br/c1-2-12-25(13-3-1)27-14-4-5-15-28(27)26-22-23-36-32(24-26)31-18-8-11-21-35(31)37(36)33-19-9-6-16-29(33)30-17-7-10-20-34(30)37;1-2/h1-24H;1H3. The van der Waals surface area contributed by atoms with Gasteiger partial charge in [-0.3, -0.25) is 0 Å². The first-order chi connectivity index (χ1) is 19.4. The Labute approximate surface area is 238 Å². The van der Waals surface area contributed by atoms with E-state index in [-0.39, 0.29) is 5.41 Å². The summed E-state index contributed by atoms with van der Waals surface area (Å²) in [6.45, 7) is 0. The lowest BCUT2D eigenvalue weighted by Gasteiger charge is -2.30. The van der Waals surface area contributed by atoms with Gasteiger partial charge in [0.25, 0.3) is 0 Å². The van der Waals surface area contributed by atoms with E-state index in [1.54, 1.807) is 0 Å². The number of hydrogen-bond acceptors (Lipinski definition) is 0. The van der Waals surface area contributed by atoms with Crippen molar-refractivity contribution in [3.8, 4) is 44.5 Å². The normalized spacial score (nSPS) is 13.1. The van der Waals surface area contributed by atoms with Crippen molar-refractivity contribution in [3.63, 3.8) is 0 Å². The first kappa shape index (κ1) is 23.9. The van der Waals surface area contributed by atoms with E-state index in [0.29, 0.717) is 0 Å². The van der Waals surface area contributed by atoms with Gasteiger partial charge in [0, 0.05) is 0 Å². The molecule has 0 unspecified atom stereocenters. The van der Waals surface area contributed by atoms with E-state index < -0.39 is 0 Å². The van der Waals surface area contributed by atoms with Crippen LogP contribution in [0.25, 0.3) is 44.5 Å². The lowest BCUT2D eigenvalue weighted by atomic mass is 9.70. The van der Waals surface area contributed by atoms with Crippen LogP contribution in [0.3, 0.4) is 0 Å². The molecular weight excluding hydrogens is 536 g/mol. The van der Waals surface area contributed by atoms with Gasteiger partial charge >= 0.3 is 0 Å². The molecule has 0 heterocycles. The molecule has 0 bridgehead atoms. The van der Waals surface area contributed by atoms with Gasteiger partial charge in [-0.25, -0.2) is 0 Å². The van der Waals surface area contributed by atoms with Crippen molar-refractivity contribution in [3.05, 3.63) is 168 Å². The van der Waals surface area contributed by atoms with Crippen LogP contribution >= 0.6 is 15.9 Å². The molecule has 0 N–H and O–H groups in total. The monoisotopic (exact) mass is 562 g/mol. The summed E-state index contributed by atoms with van der Waals surface area (Å²) >= 11 is 2.94. The lowest BCUT2D eigenvalue weighted by Crippen LogP contribution is -2.25. The van der Waals surface area contributed by atoms with Crippen LogP contribution in [0.5, 0.6) is 0 Å². The van der Waals surface area contributed by atoms with Crippen LogP contribution < -0.4 is 0 Å². The number of halogens is 1. The molecule has 0 saturated heterocycles. The smallest absolute Gasteiger partial charge is 0.0725 e. The maximum atomic E-state index is 2.94. The van der Waals surface area contributed by atoms with Gasteiger partial charge in [-0.2, -0.15) is 0 Å². The zero-order valence-electron chi connectivity index (χ0n) is 21.7. The Bertz CT molecular complexity index is 1780. The maximum Gasteiger partial charge on any atom is 0.0725 e. The fourth-order valence-electron chi connectivity index (χ4n) is 6.87. The Morgan fingerprint density at radius 1 is 0.333 bits per heavy atom. The Balaban J connectivity index is 0.00000124. The van der Waals surface area contributed by atoms with Gasteiger partial charge in [0.15, 0.2) is 0 Å². The van der Waals surface area contributed by atoms with Crippen LogP contribution in [0.2, 0.25) is 0 Å². The largest absolute Gasteiger partial charge is 0.0966 e. The predicted molar refractivity (Wildman–Crippen MR) is 168 cm³/mol. The minimum absolute atomic E-state index is 0.281. The summed E-state index contributed by atoms with van der Waals surface area (Å²) in [5, 5.41) is 0. The fourth-order valence-corrected chi connectivity index (χ4v) is 6.87. The Kier molecular flexibility index (Phi) is 5.83.